The molecule has 0 bridgehead atoms. The van der Waals surface area contributed by atoms with Gasteiger partial charge >= 0.3 is 5.82 Å². The molecule has 0 aliphatic heterocycles. The lowest BCUT2D eigenvalue weighted by molar-refractivity contribution is -0.392. The van der Waals surface area contributed by atoms with Crippen molar-refractivity contribution in [2.75, 3.05) is 20.0 Å². The van der Waals surface area contributed by atoms with Crippen LogP contribution in [0.25, 0.3) is 6.08 Å². The Balaban J connectivity index is 3.04. The minimum atomic E-state index is -0.466. The van der Waals surface area contributed by atoms with Crippen LogP contribution in [0.2, 0.25) is 0 Å². The van der Waals surface area contributed by atoms with Gasteiger partial charge in [0, 0.05) is 26.4 Å². The molecule has 7 heteroatoms. The number of halogens is 1. The number of nitro groups is 1. The molecule has 0 fully saturated rings. The zero-order valence-electron chi connectivity index (χ0n) is 9.13. The predicted octanol–water partition coefficient (Wildman–Crippen LogP) is 1.56. The highest BCUT2D eigenvalue weighted by molar-refractivity contribution is 6.17. The topological polar surface area (TPSA) is 64.2 Å². The smallest absolute Gasteiger partial charge is 0.343 e. The van der Waals surface area contributed by atoms with E-state index in [4.69, 9.17) is 11.6 Å². The molecule has 6 nitrogen and oxygen atoms in total. The van der Waals surface area contributed by atoms with E-state index in [2.05, 4.69) is 4.98 Å². The molecular weight excluding hydrogens is 232 g/mol. The lowest BCUT2D eigenvalue weighted by Gasteiger charge is -2.03. The van der Waals surface area contributed by atoms with Gasteiger partial charge in [-0.25, -0.2) is 9.55 Å². The first-order chi connectivity index (χ1) is 7.56. The number of rotatable bonds is 5. The van der Waals surface area contributed by atoms with Gasteiger partial charge in [0.2, 0.25) is 5.82 Å². The molecule has 1 rings (SSSR count). The third-order valence-electron chi connectivity index (χ3n) is 1.88. The molecule has 0 aliphatic carbocycles. The van der Waals surface area contributed by atoms with Gasteiger partial charge in [-0.2, -0.15) is 0 Å². The van der Waals surface area contributed by atoms with Crippen LogP contribution in [0.4, 0.5) is 5.82 Å². The van der Waals surface area contributed by atoms with Crippen LogP contribution >= 0.6 is 11.6 Å². The summed E-state index contributed by atoms with van der Waals surface area (Å²) in [5, 5.41) is 10.7. The van der Waals surface area contributed by atoms with Crippen molar-refractivity contribution in [2.45, 2.75) is 6.54 Å². The van der Waals surface area contributed by atoms with Gasteiger partial charge in [0.1, 0.15) is 12.7 Å². The van der Waals surface area contributed by atoms with Crippen molar-refractivity contribution in [1.29, 1.82) is 0 Å². The number of hydrogen-bond acceptors (Lipinski definition) is 4. The van der Waals surface area contributed by atoms with Crippen LogP contribution in [-0.2, 0) is 6.54 Å². The summed E-state index contributed by atoms with van der Waals surface area (Å²) in [6.07, 6.45) is 4.72. The molecule has 16 heavy (non-hydrogen) atoms. The van der Waals surface area contributed by atoms with Gasteiger partial charge < -0.3 is 15.0 Å². The number of aromatic nitrogens is 2. The Labute approximate surface area is 98.3 Å². The van der Waals surface area contributed by atoms with Gasteiger partial charge in [-0.3, -0.25) is 0 Å². The lowest BCUT2D eigenvalue weighted by Crippen LogP contribution is -2.07. The van der Waals surface area contributed by atoms with Gasteiger partial charge in [-0.15, -0.1) is 11.6 Å². The summed E-state index contributed by atoms with van der Waals surface area (Å²) in [5.41, 5.74) is 0. The largest absolute Gasteiger partial charge is 0.383 e. The summed E-state index contributed by atoms with van der Waals surface area (Å²) < 4.78 is 1.48. The standard InChI is InChI=1S/C9H13ClN4O2/c1-12(2)5-3-8-11-7-9(14(15)16)13(8)6-4-10/h3,5,7H,4,6H2,1-2H3/b5-3+. The fourth-order valence-corrected chi connectivity index (χ4v) is 1.36. The first-order valence-electron chi connectivity index (χ1n) is 4.66. The van der Waals surface area contributed by atoms with Crippen molar-refractivity contribution >= 4 is 23.5 Å². The minimum Gasteiger partial charge on any atom is -0.383 e. The van der Waals surface area contributed by atoms with Crippen LogP contribution in [0.1, 0.15) is 5.82 Å². The summed E-state index contributed by atoms with van der Waals surface area (Å²) in [5.74, 6) is 0.792. The van der Waals surface area contributed by atoms with Crippen LogP contribution in [0.5, 0.6) is 0 Å². The van der Waals surface area contributed by atoms with E-state index in [1.807, 2.05) is 19.0 Å². The Hall–Kier alpha value is -1.56. The first-order valence-corrected chi connectivity index (χ1v) is 5.20. The molecule has 0 atom stereocenters. The molecule has 0 amide bonds. The van der Waals surface area contributed by atoms with E-state index in [1.165, 1.54) is 10.8 Å². The molecule has 0 radical (unpaired) electrons. The zero-order chi connectivity index (χ0) is 12.1. The van der Waals surface area contributed by atoms with Crippen molar-refractivity contribution in [3.05, 3.63) is 28.3 Å². The first kappa shape index (κ1) is 12.5. The second kappa shape index (κ2) is 5.50. The van der Waals surface area contributed by atoms with Crippen molar-refractivity contribution in [2.24, 2.45) is 0 Å². The van der Waals surface area contributed by atoms with E-state index in [1.54, 1.807) is 12.3 Å². The van der Waals surface area contributed by atoms with Gasteiger partial charge in [0.15, 0.2) is 0 Å². The van der Waals surface area contributed by atoms with Gasteiger partial charge in [0.25, 0.3) is 0 Å². The summed E-state index contributed by atoms with van der Waals surface area (Å²) >= 11 is 5.60. The highest BCUT2D eigenvalue weighted by Crippen LogP contribution is 2.15. The molecule has 0 spiro atoms. The number of nitrogens with zero attached hydrogens (tertiary/aromatic N) is 4. The third kappa shape index (κ3) is 2.96. The molecule has 0 aliphatic rings. The second-order valence-electron chi connectivity index (χ2n) is 3.35. The number of hydrogen-bond donors (Lipinski definition) is 0. The minimum absolute atomic E-state index is 0.0425. The Kier molecular flexibility index (Phi) is 4.30. The van der Waals surface area contributed by atoms with Crippen molar-refractivity contribution in [3.63, 3.8) is 0 Å². The fraction of sp³-hybridized carbons (Fsp3) is 0.444. The molecular formula is C9H13ClN4O2. The molecule has 0 saturated heterocycles. The summed E-state index contributed by atoms with van der Waals surface area (Å²) in [7, 11) is 3.72. The molecule has 0 N–H and O–H groups in total. The molecule has 0 saturated carbocycles. The van der Waals surface area contributed by atoms with Crippen molar-refractivity contribution in [3.8, 4) is 0 Å². The molecule has 1 heterocycles. The maximum absolute atomic E-state index is 10.7. The van der Waals surface area contributed by atoms with E-state index >= 15 is 0 Å². The summed E-state index contributed by atoms with van der Waals surface area (Å²) in [6, 6.07) is 0. The van der Waals surface area contributed by atoms with Gasteiger partial charge in [0.05, 0.1) is 5.88 Å². The average Bonchev–Trinajstić information content (AvgIpc) is 2.59. The normalized spacial score (nSPS) is 10.9. The molecule has 1 aromatic heterocycles. The van der Waals surface area contributed by atoms with Crippen LogP contribution in [0, 0.1) is 10.1 Å². The lowest BCUT2D eigenvalue weighted by atomic mass is 10.5. The summed E-state index contributed by atoms with van der Waals surface area (Å²) in [6.45, 7) is 0.366. The maximum Gasteiger partial charge on any atom is 0.343 e. The van der Waals surface area contributed by atoms with Crippen LogP contribution in [0.15, 0.2) is 12.4 Å². The van der Waals surface area contributed by atoms with Crippen molar-refractivity contribution in [1.82, 2.24) is 14.5 Å². The van der Waals surface area contributed by atoms with Gasteiger partial charge in [-0.1, -0.05) is 0 Å². The van der Waals surface area contributed by atoms with E-state index < -0.39 is 4.92 Å². The monoisotopic (exact) mass is 244 g/mol. The molecule has 88 valence electrons. The predicted molar refractivity (Wildman–Crippen MR) is 62.3 cm³/mol. The Bertz CT molecular complexity index is 400. The zero-order valence-corrected chi connectivity index (χ0v) is 9.89. The third-order valence-corrected chi connectivity index (χ3v) is 2.05. The number of alkyl halides is 1. The molecule has 0 unspecified atom stereocenters. The summed E-state index contributed by atoms with van der Waals surface area (Å²) in [4.78, 5) is 16.1. The highest BCUT2D eigenvalue weighted by atomic mass is 35.5. The SMILES string of the molecule is CN(C)/C=C/c1ncc([N+](=O)[O-])n1CCCl. The quantitative estimate of drug-likeness (QED) is 0.448. The van der Waals surface area contributed by atoms with Crippen molar-refractivity contribution < 1.29 is 4.92 Å². The number of imidazole rings is 1. The van der Waals surface area contributed by atoms with Crippen LogP contribution in [-0.4, -0.2) is 39.3 Å². The van der Waals surface area contributed by atoms with E-state index in [9.17, 15) is 10.1 Å². The fourth-order valence-electron chi connectivity index (χ4n) is 1.19. The average molecular weight is 245 g/mol. The second-order valence-corrected chi connectivity index (χ2v) is 3.73. The van der Waals surface area contributed by atoms with Crippen LogP contribution in [0.3, 0.4) is 0 Å². The Morgan fingerprint density at radius 1 is 1.69 bits per heavy atom. The molecule has 1 aromatic rings. The Morgan fingerprint density at radius 2 is 2.38 bits per heavy atom. The maximum atomic E-state index is 10.7. The van der Waals surface area contributed by atoms with Crippen LogP contribution < -0.4 is 0 Å². The highest BCUT2D eigenvalue weighted by Gasteiger charge is 2.17. The van der Waals surface area contributed by atoms with E-state index in [0.29, 0.717) is 18.2 Å². The van der Waals surface area contributed by atoms with E-state index in [0.717, 1.165) is 0 Å². The van der Waals surface area contributed by atoms with E-state index in [-0.39, 0.29) is 5.82 Å². The van der Waals surface area contributed by atoms with Gasteiger partial charge in [-0.05, 0) is 4.92 Å². The molecule has 0 aromatic carbocycles. The Morgan fingerprint density at radius 3 is 2.88 bits per heavy atom.